The number of carbonyl (C=O) groups excluding carboxylic acids is 1. The smallest absolute Gasteiger partial charge is 0.324 e. The van der Waals surface area contributed by atoms with Gasteiger partial charge in [-0.2, -0.15) is 13.2 Å². The normalized spacial score (nSPS) is 13.9. The largest absolute Gasteiger partial charge is 0.417 e. The quantitative estimate of drug-likeness (QED) is 0.568. The molecule has 0 saturated carbocycles. The van der Waals surface area contributed by atoms with Crippen LogP contribution in [0.3, 0.4) is 0 Å². The summed E-state index contributed by atoms with van der Waals surface area (Å²) < 4.78 is 39.7. The van der Waals surface area contributed by atoms with Crippen LogP contribution in [0.5, 0.6) is 0 Å². The van der Waals surface area contributed by atoms with Gasteiger partial charge in [-0.3, -0.25) is 14.8 Å². The van der Waals surface area contributed by atoms with Crippen molar-refractivity contribution in [2.45, 2.75) is 12.6 Å². The number of carbonyl (C=O) groups is 1. The number of hydrogen-bond acceptors (Lipinski definition) is 3. The topological polar surface area (TPSA) is 54.4 Å². The van der Waals surface area contributed by atoms with E-state index in [0.29, 0.717) is 11.3 Å². The summed E-state index contributed by atoms with van der Waals surface area (Å²) in [6.07, 6.45) is -3.05. The van der Waals surface area contributed by atoms with Crippen LogP contribution in [0.25, 0.3) is 11.3 Å². The summed E-state index contributed by atoms with van der Waals surface area (Å²) in [5.74, 6) is -0.387. The van der Waals surface area contributed by atoms with Crippen LogP contribution < -0.4 is 5.32 Å². The summed E-state index contributed by atoms with van der Waals surface area (Å²) in [7, 11) is 0. The van der Waals surface area contributed by atoms with Gasteiger partial charge in [0.1, 0.15) is 0 Å². The number of hydrogen-bond donors (Lipinski definition) is 1. The van der Waals surface area contributed by atoms with Crippen LogP contribution in [0.1, 0.15) is 17.5 Å². The third-order valence-corrected chi connectivity index (χ3v) is 4.72. The van der Waals surface area contributed by atoms with Crippen LogP contribution in [0, 0.1) is 0 Å². The summed E-state index contributed by atoms with van der Waals surface area (Å²) >= 11 is 5.76. The minimum Gasteiger partial charge on any atom is -0.324 e. The van der Waals surface area contributed by atoms with Gasteiger partial charge in [0.25, 0.3) is 0 Å². The predicted octanol–water partition coefficient (Wildman–Crippen LogP) is 5.88. The molecule has 1 aliphatic rings. The maximum Gasteiger partial charge on any atom is 0.417 e. The highest BCUT2D eigenvalue weighted by molar-refractivity contribution is 6.32. The predicted molar refractivity (Wildman–Crippen MR) is 106 cm³/mol. The zero-order valence-electron chi connectivity index (χ0n) is 14.8. The minimum absolute atomic E-state index is 0.00538. The Labute approximate surface area is 169 Å². The number of anilines is 1. The van der Waals surface area contributed by atoms with E-state index in [9.17, 15) is 18.0 Å². The van der Waals surface area contributed by atoms with Gasteiger partial charge < -0.3 is 5.32 Å². The van der Waals surface area contributed by atoms with Gasteiger partial charge in [0, 0.05) is 11.8 Å². The maximum atomic E-state index is 13.2. The third-order valence-electron chi connectivity index (χ3n) is 4.40. The van der Waals surface area contributed by atoms with E-state index in [1.807, 2.05) is 18.2 Å². The van der Waals surface area contributed by atoms with E-state index in [1.165, 1.54) is 0 Å². The number of benzene rings is 2. The lowest BCUT2D eigenvalue weighted by Gasteiger charge is -2.12. The highest BCUT2D eigenvalue weighted by Gasteiger charge is 2.34. The molecule has 4 rings (SSSR count). The Hall–Kier alpha value is -3.19. The van der Waals surface area contributed by atoms with Crippen LogP contribution in [-0.2, 0) is 11.0 Å². The molecule has 0 bridgehead atoms. The van der Waals surface area contributed by atoms with Gasteiger partial charge in [-0.05, 0) is 35.9 Å². The van der Waals surface area contributed by atoms with Crippen LogP contribution in [0.2, 0.25) is 5.02 Å². The van der Waals surface area contributed by atoms with Gasteiger partial charge in [-0.25, -0.2) is 0 Å². The van der Waals surface area contributed by atoms with Crippen molar-refractivity contribution in [1.29, 1.82) is 0 Å². The lowest BCUT2D eigenvalue weighted by molar-refractivity contribution is -0.137. The van der Waals surface area contributed by atoms with Crippen molar-refractivity contribution >= 4 is 34.6 Å². The molecule has 29 heavy (non-hydrogen) atoms. The molecule has 0 atom stereocenters. The van der Waals surface area contributed by atoms with Crippen molar-refractivity contribution in [3.8, 4) is 11.3 Å². The Kier molecular flexibility index (Phi) is 4.84. The fraction of sp³-hybridized carbons (Fsp3) is 0.0952. The Balaban J connectivity index is 1.82. The lowest BCUT2D eigenvalue weighted by Crippen LogP contribution is -2.15. The summed E-state index contributed by atoms with van der Waals surface area (Å²) in [5.41, 5.74) is 1.67. The Morgan fingerprint density at radius 2 is 1.79 bits per heavy atom. The summed E-state index contributed by atoms with van der Waals surface area (Å²) in [6.45, 7) is 0. The number of pyridine rings is 1. The third kappa shape index (κ3) is 4.00. The number of aromatic nitrogens is 1. The highest BCUT2D eigenvalue weighted by Crippen LogP contribution is 2.41. The second kappa shape index (κ2) is 7.33. The number of nitrogens with zero attached hydrogens (tertiary/aromatic N) is 2. The van der Waals surface area contributed by atoms with Gasteiger partial charge in [0.2, 0.25) is 5.91 Å². The first-order chi connectivity index (χ1) is 13.8. The number of aliphatic imine (C=N–C) groups is 1. The second-order valence-electron chi connectivity index (χ2n) is 6.43. The molecule has 3 aromatic rings. The molecular formula is C21H13ClF3N3O. The average Bonchev–Trinajstić information content (AvgIpc) is 2.85. The molecule has 1 aliphatic heterocycles. The van der Waals surface area contributed by atoms with Crippen molar-refractivity contribution in [3.05, 3.63) is 76.9 Å². The number of amides is 1. The second-order valence-corrected chi connectivity index (χ2v) is 6.83. The van der Waals surface area contributed by atoms with E-state index in [1.54, 1.807) is 30.5 Å². The van der Waals surface area contributed by atoms with Crippen LogP contribution in [-0.4, -0.2) is 16.6 Å². The molecule has 0 aliphatic carbocycles. The lowest BCUT2D eigenvalue weighted by atomic mass is 10.0. The van der Waals surface area contributed by atoms with Gasteiger partial charge in [-0.15, -0.1) is 0 Å². The Bertz CT molecular complexity index is 1130. The van der Waals surface area contributed by atoms with Gasteiger partial charge in [-0.1, -0.05) is 35.9 Å². The van der Waals surface area contributed by atoms with Gasteiger partial charge >= 0.3 is 6.18 Å². The SMILES string of the molecule is O=C1CC(c2cccc(-c3ccccn3)c2)=Nc2cc(C(F)(F)F)c(Cl)cc2N1. The van der Waals surface area contributed by atoms with E-state index in [-0.39, 0.29) is 23.7 Å². The standard InChI is InChI=1S/C21H13ClF3N3O/c22-15-10-19-18(9-14(15)21(23,24)25)27-17(11-20(29)28-19)13-5-3-4-12(8-13)16-6-1-2-7-26-16/h1-10H,11H2,(H,28,29). The first-order valence-corrected chi connectivity index (χ1v) is 8.99. The molecule has 1 aromatic heterocycles. The van der Waals surface area contributed by atoms with Crippen molar-refractivity contribution in [1.82, 2.24) is 4.98 Å². The Morgan fingerprint density at radius 3 is 2.52 bits per heavy atom. The van der Waals surface area contributed by atoms with Crippen LogP contribution >= 0.6 is 11.6 Å². The molecule has 1 amide bonds. The molecule has 2 heterocycles. The molecule has 0 unspecified atom stereocenters. The van der Waals surface area contributed by atoms with E-state index >= 15 is 0 Å². The molecule has 1 N–H and O–H groups in total. The molecule has 146 valence electrons. The molecule has 2 aromatic carbocycles. The molecular weight excluding hydrogens is 403 g/mol. The number of fused-ring (bicyclic) bond motifs is 1. The van der Waals surface area contributed by atoms with Gasteiger partial charge in [0.05, 0.1) is 39.8 Å². The van der Waals surface area contributed by atoms with E-state index < -0.39 is 16.8 Å². The van der Waals surface area contributed by atoms with Gasteiger partial charge in [0.15, 0.2) is 0 Å². The molecule has 0 fully saturated rings. The fourth-order valence-corrected chi connectivity index (χ4v) is 3.33. The Morgan fingerprint density at radius 1 is 1.00 bits per heavy atom. The summed E-state index contributed by atoms with van der Waals surface area (Å²) in [6, 6.07) is 14.6. The van der Waals surface area contributed by atoms with Crippen LogP contribution in [0.15, 0.2) is 65.8 Å². The first-order valence-electron chi connectivity index (χ1n) is 8.61. The van der Waals surface area contributed by atoms with Crippen LogP contribution in [0.4, 0.5) is 24.5 Å². The number of rotatable bonds is 2. The number of halogens is 4. The van der Waals surface area contributed by atoms with E-state index in [0.717, 1.165) is 23.4 Å². The van der Waals surface area contributed by atoms with E-state index in [4.69, 9.17) is 11.6 Å². The van der Waals surface area contributed by atoms with E-state index in [2.05, 4.69) is 15.3 Å². The van der Waals surface area contributed by atoms with Crippen molar-refractivity contribution in [2.75, 3.05) is 5.32 Å². The number of nitrogens with one attached hydrogen (secondary N) is 1. The van der Waals surface area contributed by atoms with Crippen molar-refractivity contribution in [3.63, 3.8) is 0 Å². The fourth-order valence-electron chi connectivity index (χ4n) is 3.06. The maximum absolute atomic E-state index is 13.2. The molecule has 8 heteroatoms. The number of alkyl halides is 3. The molecule has 0 spiro atoms. The van der Waals surface area contributed by atoms with Crippen molar-refractivity contribution < 1.29 is 18.0 Å². The van der Waals surface area contributed by atoms with Crippen molar-refractivity contribution in [2.24, 2.45) is 4.99 Å². The molecule has 0 radical (unpaired) electrons. The molecule has 0 saturated heterocycles. The summed E-state index contributed by atoms with van der Waals surface area (Å²) in [5, 5.41) is 2.08. The summed E-state index contributed by atoms with van der Waals surface area (Å²) in [4.78, 5) is 21.0. The minimum atomic E-state index is -4.63. The first kappa shape index (κ1) is 19.1. The zero-order valence-corrected chi connectivity index (χ0v) is 15.6. The average molecular weight is 416 g/mol. The monoisotopic (exact) mass is 415 g/mol. The molecule has 4 nitrogen and oxygen atoms in total. The zero-order chi connectivity index (χ0) is 20.6. The highest BCUT2D eigenvalue weighted by atomic mass is 35.5.